The van der Waals surface area contributed by atoms with Crippen LogP contribution in [0.4, 0.5) is 11.5 Å². The molecule has 27 heavy (non-hydrogen) atoms. The van der Waals surface area contributed by atoms with Gasteiger partial charge in [0.05, 0.1) is 0 Å². The molecule has 0 bridgehead atoms. The Kier molecular flexibility index (Phi) is 3.68. The van der Waals surface area contributed by atoms with Gasteiger partial charge in [0.25, 0.3) is 0 Å². The van der Waals surface area contributed by atoms with Gasteiger partial charge in [0.1, 0.15) is 5.82 Å². The Morgan fingerprint density at radius 2 is 1.22 bits per heavy atom. The maximum atomic E-state index is 3.61. The van der Waals surface area contributed by atoms with Crippen molar-refractivity contribution in [1.29, 1.82) is 0 Å². The number of nitrogens with zero attached hydrogens (tertiary/aromatic N) is 1. The minimum Gasteiger partial charge on any atom is -0.341 e. The topological polar surface area (TPSA) is 19.0 Å². The van der Waals surface area contributed by atoms with E-state index in [9.17, 15) is 0 Å². The highest BCUT2D eigenvalue weighted by Gasteiger charge is 2.11. The number of aromatic amines is 1. The highest BCUT2D eigenvalue weighted by Crippen LogP contribution is 2.33. The summed E-state index contributed by atoms with van der Waals surface area (Å²) in [6.45, 7) is 0. The first-order chi connectivity index (χ1) is 13.3. The van der Waals surface area contributed by atoms with Crippen molar-refractivity contribution in [1.82, 2.24) is 4.98 Å². The molecule has 5 rings (SSSR count). The summed E-state index contributed by atoms with van der Waals surface area (Å²) in [5, 5.41) is 5.03. The Balaban J connectivity index is 1.59. The molecule has 5 aromatic rings. The van der Waals surface area contributed by atoms with E-state index in [1.165, 1.54) is 32.8 Å². The number of benzene rings is 4. The smallest absolute Gasteiger partial charge is 0.110 e. The van der Waals surface area contributed by atoms with E-state index in [4.69, 9.17) is 0 Å². The van der Waals surface area contributed by atoms with Crippen LogP contribution in [0.2, 0.25) is 0 Å². The van der Waals surface area contributed by atoms with E-state index in [0.29, 0.717) is 0 Å². The molecule has 1 heterocycles. The maximum absolute atomic E-state index is 3.61. The van der Waals surface area contributed by atoms with Crippen LogP contribution in [0.3, 0.4) is 0 Å². The zero-order valence-electron chi connectivity index (χ0n) is 15.2. The zero-order valence-corrected chi connectivity index (χ0v) is 15.2. The lowest BCUT2D eigenvalue weighted by Crippen LogP contribution is -2.10. The van der Waals surface area contributed by atoms with Gasteiger partial charge >= 0.3 is 0 Å². The molecule has 130 valence electrons. The van der Waals surface area contributed by atoms with Crippen molar-refractivity contribution in [3.05, 3.63) is 97.1 Å². The Hall–Kier alpha value is -3.52. The minimum absolute atomic E-state index is 1.08. The van der Waals surface area contributed by atoms with Gasteiger partial charge in [-0.25, -0.2) is 0 Å². The second-order valence-corrected chi connectivity index (χ2v) is 6.84. The zero-order chi connectivity index (χ0) is 18.2. The lowest BCUT2D eigenvalue weighted by molar-refractivity contribution is 1.16. The number of hydrogen-bond donors (Lipinski definition) is 1. The van der Waals surface area contributed by atoms with Crippen LogP contribution < -0.4 is 4.90 Å². The van der Waals surface area contributed by atoms with Crippen LogP contribution in [0.5, 0.6) is 0 Å². The summed E-state index contributed by atoms with van der Waals surface area (Å²) in [6.07, 6.45) is 0. The third kappa shape index (κ3) is 2.67. The van der Waals surface area contributed by atoms with Crippen molar-refractivity contribution < 1.29 is 0 Å². The normalized spacial score (nSPS) is 11.1. The molecule has 0 spiro atoms. The van der Waals surface area contributed by atoms with Gasteiger partial charge in [-0.1, -0.05) is 78.9 Å². The summed E-state index contributed by atoms with van der Waals surface area (Å²) in [4.78, 5) is 5.83. The molecule has 0 aliphatic carbocycles. The van der Waals surface area contributed by atoms with Gasteiger partial charge in [-0.15, -0.1) is 0 Å². The summed E-state index contributed by atoms with van der Waals surface area (Å²) in [6, 6.07) is 34.2. The minimum atomic E-state index is 1.08. The van der Waals surface area contributed by atoms with Crippen molar-refractivity contribution in [3.63, 3.8) is 0 Å². The summed E-state index contributed by atoms with van der Waals surface area (Å²) >= 11 is 0. The van der Waals surface area contributed by atoms with E-state index in [-0.39, 0.29) is 0 Å². The first-order valence-electron chi connectivity index (χ1n) is 9.20. The molecule has 0 atom stereocenters. The Morgan fingerprint density at radius 3 is 2.04 bits per heavy atom. The second-order valence-electron chi connectivity index (χ2n) is 6.84. The largest absolute Gasteiger partial charge is 0.341 e. The molecule has 0 amide bonds. The standard InChI is InChI=1S/C25H20N2/c1-27(24-15-7-11-19-9-3-5-13-21(19)24)25-17-16-23(26-25)22-14-6-10-18-8-2-4-12-20(18)22/h2-17,26H,1H3. The van der Waals surface area contributed by atoms with Gasteiger partial charge in [-0.3, -0.25) is 0 Å². The molecular formula is C25H20N2. The Bertz CT molecular complexity index is 1240. The highest BCUT2D eigenvalue weighted by molar-refractivity contribution is 5.97. The molecule has 0 aliphatic heterocycles. The Morgan fingerprint density at radius 1 is 0.593 bits per heavy atom. The van der Waals surface area contributed by atoms with Crippen LogP contribution in [-0.4, -0.2) is 12.0 Å². The first kappa shape index (κ1) is 15.7. The van der Waals surface area contributed by atoms with Crippen molar-refractivity contribution >= 4 is 33.1 Å². The van der Waals surface area contributed by atoms with Crippen molar-refractivity contribution in [2.24, 2.45) is 0 Å². The monoisotopic (exact) mass is 348 g/mol. The molecule has 2 heteroatoms. The third-order valence-electron chi connectivity index (χ3n) is 5.24. The molecule has 0 fully saturated rings. The molecule has 0 saturated carbocycles. The second kappa shape index (κ2) is 6.33. The van der Waals surface area contributed by atoms with Crippen LogP contribution >= 0.6 is 0 Å². The van der Waals surface area contributed by atoms with Gasteiger partial charge in [-0.05, 0) is 34.4 Å². The van der Waals surface area contributed by atoms with E-state index in [1.807, 2.05) is 0 Å². The van der Waals surface area contributed by atoms with Crippen molar-refractivity contribution in [2.45, 2.75) is 0 Å². The van der Waals surface area contributed by atoms with Crippen molar-refractivity contribution in [3.8, 4) is 11.3 Å². The fraction of sp³-hybridized carbons (Fsp3) is 0.0400. The number of anilines is 2. The van der Waals surface area contributed by atoms with Crippen LogP contribution in [-0.2, 0) is 0 Å². The fourth-order valence-corrected chi connectivity index (χ4v) is 3.83. The van der Waals surface area contributed by atoms with Crippen molar-refractivity contribution in [2.75, 3.05) is 11.9 Å². The lowest BCUT2D eigenvalue weighted by atomic mass is 10.0. The number of fused-ring (bicyclic) bond motifs is 2. The van der Waals surface area contributed by atoms with Gasteiger partial charge in [0, 0.05) is 29.4 Å². The summed E-state index contributed by atoms with van der Waals surface area (Å²) in [7, 11) is 2.11. The van der Waals surface area contributed by atoms with Crippen LogP contribution in [0.1, 0.15) is 0 Å². The van der Waals surface area contributed by atoms with Gasteiger partial charge < -0.3 is 9.88 Å². The molecule has 4 aromatic carbocycles. The molecule has 0 unspecified atom stereocenters. The SMILES string of the molecule is CN(c1ccc(-c2cccc3ccccc23)[nH]1)c1cccc2ccccc12. The first-order valence-corrected chi connectivity index (χ1v) is 9.20. The highest BCUT2D eigenvalue weighted by atomic mass is 15.2. The molecule has 2 nitrogen and oxygen atoms in total. The molecule has 0 aliphatic rings. The van der Waals surface area contributed by atoms with E-state index in [0.717, 1.165) is 11.5 Å². The number of H-pyrrole nitrogens is 1. The lowest BCUT2D eigenvalue weighted by Gasteiger charge is -2.20. The molecular weight excluding hydrogens is 328 g/mol. The molecule has 1 N–H and O–H groups in total. The van der Waals surface area contributed by atoms with Crippen LogP contribution in [0.25, 0.3) is 32.8 Å². The number of rotatable bonds is 3. The molecule has 0 radical (unpaired) electrons. The average molecular weight is 348 g/mol. The van der Waals surface area contributed by atoms with Gasteiger partial charge in [0.2, 0.25) is 0 Å². The number of hydrogen-bond acceptors (Lipinski definition) is 1. The maximum Gasteiger partial charge on any atom is 0.110 e. The third-order valence-corrected chi connectivity index (χ3v) is 5.24. The summed E-state index contributed by atoms with van der Waals surface area (Å²) in [5.74, 6) is 1.08. The fourth-order valence-electron chi connectivity index (χ4n) is 3.83. The van der Waals surface area contributed by atoms with Crippen LogP contribution in [0, 0.1) is 0 Å². The van der Waals surface area contributed by atoms with E-state index >= 15 is 0 Å². The van der Waals surface area contributed by atoms with Gasteiger partial charge in [0.15, 0.2) is 0 Å². The summed E-state index contributed by atoms with van der Waals surface area (Å²) in [5.41, 5.74) is 3.55. The average Bonchev–Trinajstić information content (AvgIpc) is 3.22. The van der Waals surface area contributed by atoms with Gasteiger partial charge in [-0.2, -0.15) is 0 Å². The number of nitrogens with one attached hydrogen (secondary N) is 1. The molecule has 0 saturated heterocycles. The van der Waals surface area contributed by atoms with E-state index in [2.05, 4.69) is 114 Å². The van der Waals surface area contributed by atoms with E-state index in [1.54, 1.807) is 0 Å². The predicted molar refractivity (Wildman–Crippen MR) is 116 cm³/mol. The Labute approximate surface area is 158 Å². The summed E-state index contributed by atoms with van der Waals surface area (Å²) < 4.78 is 0. The number of aromatic nitrogens is 1. The quantitative estimate of drug-likeness (QED) is 0.382. The molecule has 1 aromatic heterocycles. The van der Waals surface area contributed by atoms with Crippen LogP contribution in [0.15, 0.2) is 97.1 Å². The van der Waals surface area contributed by atoms with E-state index < -0.39 is 0 Å². The predicted octanol–water partition coefficient (Wildman–Crippen LogP) is 6.76.